The Balaban J connectivity index is 2.46. The van der Waals surface area contributed by atoms with Crippen LogP contribution >= 0.6 is 0 Å². The molecule has 2 aliphatic rings. The number of rotatable bonds is 0. The Morgan fingerprint density at radius 1 is 1.22 bits per heavy atom. The molecule has 0 unspecified atom stereocenters. The summed E-state index contributed by atoms with van der Waals surface area (Å²) in [5.41, 5.74) is 1.94. The average molecular weight is 117 g/mol. The highest BCUT2D eigenvalue weighted by atomic mass is 14.9. The molecule has 1 aliphatic carbocycles. The fourth-order valence-electron chi connectivity index (χ4n) is 0.847. The first kappa shape index (κ1) is 4.56. The molecule has 0 saturated carbocycles. The maximum absolute atomic E-state index is 4.08. The van der Waals surface area contributed by atoms with Crippen molar-refractivity contribution in [2.45, 2.75) is 0 Å². The zero-order chi connectivity index (χ0) is 6.10. The van der Waals surface area contributed by atoms with E-state index in [0.29, 0.717) is 0 Å². The third-order valence-electron chi connectivity index (χ3n) is 1.26. The van der Waals surface area contributed by atoms with Gasteiger partial charge < -0.3 is 0 Å². The van der Waals surface area contributed by atoms with Crippen LogP contribution in [0, 0.1) is 0 Å². The second-order valence-corrected chi connectivity index (χ2v) is 1.85. The van der Waals surface area contributed by atoms with Crippen LogP contribution in [-0.4, -0.2) is 5.71 Å². The van der Waals surface area contributed by atoms with E-state index < -0.39 is 0 Å². The smallest absolute Gasteiger partial charge is 0.0886 e. The summed E-state index contributed by atoms with van der Waals surface area (Å²) in [5.74, 6) is 0. The van der Waals surface area contributed by atoms with Crippen LogP contribution in [0.15, 0.2) is 41.3 Å². The van der Waals surface area contributed by atoms with Gasteiger partial charge in [0.15, 0.2) is 0 Å². The van der Waals surface area contributed by atoms with Gasteiger partial charge in [-0.2, -0.15) is 0 Å². The van der Waals surface area contributed by atoms with E-state index in [-0.39, 0.29) is 0 Å². The van der Waals surface area contributed by atoms with E-state index in [0.717, 1.165) is 11.4 Å². The number of allylic oxidation sites excluding steroid dienone is 3. The van der Waals surface area contributed by atoms with Crippen LogP contribution in [0.4, 0.5) is 0 Å². The molecule has 0 saturated heterocycles. The molecule has 0 amide bonds. The Hall–Kier alpha value is -1.31. The van der Waals surface area contributed by atoms with Gasteiger partial charge in [0.1, 0.15) is 0 Å². The molecule has 0 aromatic carbocycles. The van der Waals surface area contributed by atoms with Crippen LogP contribution in [0.1, 0.15) is 0 Å². The molecule has 0 N–H and O–H groups in total. The van der Waals surface area contributed by atoms with Gasteiger partial charge in [-0.25, -0.2) is 0 Å². The molecule has 0 aromatic heterocycles. The van der Waals surface area contributed by atoms with Crippen molar-refractivity contribution in [3.63, 3.8) is 0 Å². The molecule has 1 heterocycles. The van der Waals surface area contributed by atoms with Crippen LogP contribution in [0.3, 0.4) is 0 Å². The molecule has 0 atom stereocenters. The molecular formula is C7H5N2. The maximum Gasteiger partial charge on any atom is 0.0886 e. The van der Waals surface area contributed by atoms with Crippen LogP contribution < -0.4 is 5.32 Å². The molecule has 0 spiro atoms. The molecule has 9 heavy (non-hydrogen) atoms. The molecule has 1 radical (unpaired) electrons. The lowest BCUT2D eigenvalue weighted by atomic mass is 10.3. The summed E-state index contributed by atoms with van der Waals surface area (Å²) in [6.45, 7) is 0. The van der Waals surface area contributed by atoms with Gasteiger partial charge in [0, 0.05) is 12.4 Å². The monoisotopic (exact) mass is 117 g/mol. The van der Waals surface area contributed by atoms with E-state index in [4.69, 9.17) is 0 Å². The van der Waals surface area contributed by atoms with E-state index in [1.807, 2.05) is 18.2 Å². The number of aliphatic imine (C=N–C) groups is 1. The Bertz CT molecular complexity index is 244. The van der Waals surface area contributed by atoms with Crippen molar-refractivity contribution in [1.29, 1.82) is 0 Å². The number of hydrogen-bond acceptors (Lipinski definition) is 1. The maximum atomic E-state index is 4.08. The van der Waals surface area contributed by atoms with Crippen molar-refractivity contribution in [3.8, 4) is 0 Å². The first-order valence-corrected chi connectivity index (χ1v) is 2.79. The summed E-state index contributed by atoms with van der Waals surface area (Å²) >= 11 is 0. The van der Waals surface area contributed by atoms with Crippen molar-refractivity contribution in [2.24, 2.45) is 4.99 Å². The summed E-state index contributed by atoms with van der Waals surface area (Å²) < 4.78 is 0. The largest absolute Gasteiger partial charge is 0.253 e. The van der Waals surface area contributed by atoms with Gasteiger partial charge in [0.25, 0.3) is 0 Å². The van der Waals surface area contributed by atoms with Gasteiger partial charge in [-0.3, -0.25) is 10.3 Å². The van der Waals surface area contributed by atoms with Gasteiger partial charge in [-0.05, 0) is 12.2 Å². The van der Waals surface area contributed by atoms with Gasteiger partial charge in [-0.15, -0.1) is 0 Å². The van der Waals surface area contributed by atoms with Gasteiger partial charge in [-0.1, -0.05) is 6.08 Å². The second-order valence-electron chi connectivity index (χ2n) is 1.85. The Morgan fingerprint density at radius 3 is 3.11 bits per heavy atom. The quantitative estimate of drug-likeness (QED) is 0.452. The van der Waals surface area contributed by atoms with Crippen LogP contribution in [0.2, 0.25) is 0 Å². The number of nitrogens with zero attached hydrogens (tertiary/aromatic N) is 2. The highest BCUT2D eigenvalue weighted by Gasteiger charge is 2.08. The van der Waals surface area contributed by atoms with E-state index in [9.17, 15) is 0 Å². The number of hydrogen-bond donors (Lipinski definition) is 0. The topological polar surface area (TPSA) is 26.5 Å². The van der Waals surface area contributed by atoms with E-state index in [1.54, 1.807) is 12.4 Å². The normalized spacial score (nSPS) is 20.4. The van der Waals surface area contributed by atoms with Gasteiger partial charge in [0.2, 0.25) is 0 Å². The third-order valence-corrected chi connectivity index (χ3v) is 1.26. The summed E-state index contributed by atoms with van der Waals surface area (Å²) in [6, 6.07) is 0. The van der Waals surface area contributed by atoms with E-state index >= 15 is 0 Å². The zero-order valence-electron chi connectivity index (χ0n) is 4.78. The lowest BCUT2D eigenvalue weighted by molar-refractivity contribution is 1.09. The number of fused-ring (bicyclic) bond motifs is 1. The molecule has 0 aromatic rings. The zero-order valence-corrected chi connectivity index (χ0v) is 4.78. The fourth-order valence-corrected chi connectivity index (χ4v) is 0.847. The minimum atomic E-state index is 0.970. The average Bonchev–Trinajstić information content (AvgIpc) is 2.33. The first-order chi connectivity index (χ1) is 4.47. The summed E-state index contributed by atoms with van der Waals surface area (Å²) in [5, 5.41) is 4.08. The Labute approximate surface area is 53.3 Å². The van der Waals surface area contributed by atoms with Crippen molar-refractivity contribution >= 4 is 5.71 Å². The molecule has 2 heteroatoms. The molecule has 2 rings (SSSR count). The van der Waals surface area contributed by atoms with Crippen molar-refractivity contribution in [3.05, 3.63) is 36.3 Å². The molecule has 2 nitrogen and oxygen atoms in total. The lowest BCUT2D eigenvalue weighted by Crippen LogP contribution is -2.07. The highest BCUT2D eigenvalue weighted by Crippen LogP contribution is 2.09. The molecule has 43 valence electrons. The van der Waals surface area contributed by atoms with E-state index in [1.165, 1.54) is 0 Å². The third kappa shape index (κ3) is 0.598. The lowest BCUT2D eigenvalue weighted by Gasteiger charge is -2.02. The molecular weight excluding hydrogens is 112 g/mol. The summed E-state index contributed by atoms with van der Waals surface area (Å²) in [7, 11) is 0. The predicted octanol–water partition coefficient (Wildman–Crippen LogP) is 0.970. The molecule has 0 fully saturated rings. The van der Waals surface area contributed by atoms with Gasteiger partial charge >= 0.3 is 0 Å². The van der Waals surface area contributed by atoms with Crippen molar-refractivity contribution in [2.75, 3.05) is 0 Å². The first-order valence-electron chi connectivity index (χ1n) is 2.79. The van der Waals surface area contributed by atoms with Crippen LogP contribution in [-0.2, 0) is 0 Å². The Morgan fingerprint density at radius 2 is 2.22 bits per heavy atom. The highest BCUT2D eigenvalue weighted by molar-refractivity contribution is 6.11. The standard InChI is InChI=1S/C7H5N2/c1-2-6-7(3-1)9-5-4-8-6/h1-5H. The van der Waals surface area contributed by atoms with Gasteiger partial charge in [0.05, 0.1) is 11.4 Å². The minimum absolute atomic E-state index is 0.970. The summed E-state index contributed by atoms with van der Waals surface area (Å²) in [4.78, 5) is 4.08. The summed E-state index contributed by atoms with van der Waals surface area (Å²) in [6.07, 6.45) is 9.24. The molecule has 1 aliphatic heterocycles. The Kier molecular flexibility index (Phi) is 0.803. The van der Waals surface area contributed by atoms with Crippen molar-refractivity contribution in [1.82, 2.24) is 5.32 Å². The molecule has 0 bridgehead atoms. The van der Waals surface area contributed by atoms with Crippen LogP contribution in [0.25, 0.3) is 0 Å². The van der Waals surface area contributed by atoms with Crippen molar-refractivity contribution < 1.29 is 0 Å². The van der Waals surface area contributed by atoms with E-state index in [2.05, 4.69) is 10.3 Å². The fraction of sp³-hybridized carbons (Fsp3) is 0. The predicted molar refractivity (Wildman–Crippen MR) is 35.9 cm³/mol. The second kappa shape index (κ2) is 1.58. The minimum Gasteiger partial charge on any atom is -0.253 e. The SMILES string of the molecule is C1=CC2=NC=C[N]C2=C1. The van der Waals surface area contributed by atoms with Crippen LogP contribution in [0.5, 0.6) is 0 Å².